The molecule has 0 spiro atoms. The number of nitrogens with zero attached hydrogens (tertiary/aromatic N) is 2. The Kier molecular flexibility index (Phi) is 6.43. The number of benzene rings is 2. The van der Waals surface area contributed by atoms with Gasteiger partial charge in [0.1, 0.15) is 0 Å². The third-order valence-corrected chi connectivity index (χ3v) is 6.52. The second kappa shape index (κ2) is 8.81. The first kappa shape index (κ1) is 20.4. The van der Waals surface area contributed by atoms with E-state index in [1.54, 1.807) is 0 Å². The van der Waals surface area contributed by atoms with Gasteiger partial charge >= 0.3 is 0 Å². The maximum Gasteiger partial charge on any atom is 0.269 e. The van der Waals surface area contributed by atoms with E-state index in [1.165, 1.54) is 42.7 Å². The number of nitro groups is 1. The lowest BCUT2D eigenvalue weighted by Gasteiger charge is -2.30. The monoisotopic (exact) mass is 403 g/mol. The van der Waals surface area contributed by atoms with Gasteiger partial charge in [0, 0.05) is 25.2 Å². The number of non-ortho nitro benzene ring substituents is 1. The summed E-state index contributed by atoms with van der Waals surface area (Å²) in [5.74, 6) is 0.788. The number of piperidine rings is 1. The smallest absolute Gasteiger partial charge is 0.269 e. The summed E-state index contributed by atoms with van der Waals surface area (Å²) in [4.78, 5) is 12.6. The molecular formula is C20H25N3O4S. The van der Waals surface area contributed by atoms with E-state index in [2.05, 4.69) is 22.6 Å². The Morgan fingerprint density at radius 2 is 1.75 bits per heavy atom. The lowest BCUT2D eigenvalue weighted by Crippen LogP contribution is -2.32. The van der Waals surface area contributed by atoms with Crippen LogP contribution in [-0.4, -0.2) is 31.3 Å². The topological polar surface area (TPSA) is 92.6 Å². The van der Waals surface area contributed by atoms with Gasteiger partial charge in [-0.15, -0.1) is 0 Å². The van der Waals surface area contributed by atoms with Crippen molar-refractivity contribution < 1.29 is 13.3 Å². The molecule has 0 saturated carbocycles. The number of hydrogen-bond acceptors (Lipinski definition) is 5. The lowest BCUT2D eigenvalue weighted by atomic mass is 9.98. The molecule has 1 fully saturated rings. The summed E-state index contributed by atoms with van der Waals surface area (Å²) in [6, 6.07) is 12.8. The van der Waals surface area contributed by atoms with Crippen molar-refractivity contribution in [1.29, 1.82) is 0 Å². The summed E-state index contributed by atoms with van der Waals surface area (Å²) in [5, 5.41) is 10.7. The summed E-state index contributed by atoms with van der Waals surface area (Å²) in [7, 11) is -3.73. The Morgan fingerprint density at radius 3 is 2.39 bits per heavy atom. The van der Waals surface area contributed by atoms with Gasteiger partial charge in [0.2, 0.25) is 10.0 Å². The van der Waals surface area contributed by atoms with E-state index in [1.807, 2.05) is 18.2 Å². The molecule has 1 aliphatic heterocycles. The standard InChI is InChI=1S/C20H25N3O4S/c1-16-9-11-22(12-10-16)15-18-4-2-3-17(13-18)14-21-28(26,27)20-7-5-19(6-8-20)23(24)25/h2-8,13,16,21H,9-12,14-15H2,1H3. The molecule has 150 valence electrons. The van der Waals surface area contributed by atoms with Crippen molar-refractivity contribution in [3.05, 3.63) is 69.8 Å². The van der Waals surface area contributed by atoms with E-state index in [9.17, 15) is 18.5 Å². The molecule has 1 N–H and O–H groups in total. The Morgan fingerprint density at radius 1 is 1.11 bits per heavy atom. The van der Waals surface area contributed by atoms with Gasteiger partial charge in [-0.3, -0.25) is 15.0 Å². The fourth-order valence-electron chi connectivity index (χ4n) is 3.33. The molecule has 0 radical (unpaired) electrons. The number of nitro benzene ring substituents is 1. The van der Waals surface area contributed by atoms with Crippen LogP contribution in [-0.2, 0) is 23.1 Å². The minimum Gasteiger partial charge on any atom is -0.299 e. The molecule has 0 aromatic heterocycles. The van der Waals surface area contributed by atoms with E-state index in [-0.39, 0.29) is 17.1 Å². The zero-order valence-electron chi connectivity index (χ0n) is 15.9. The van der Waals surface area contributed by atoms with Crippen LogP contribution in [0.15, 0.2) is 53.4 Å². The quantitative estimate of drug-likeness (QED) is 0.566. The summed E-state index contributed by atoms with van der Waals surface area (Å²) in [6.45, 7) is 5.52. The zero-order valence-corrected chi connectivity index (χ0v) is 16.7. The SMILES string of the molecule is CC1CCN(Cc2cccc(CNS(=O)(=O)c3ccc([N+](=O)[O-])cc3)c2)CC1. The average molecular weight is 404 g/mol. The molecule has 0 aliphatic carbocycles. The molecule has 2 aromatic carbocycles. The van der Waals surface area contributed by atoms with Crippen molar-refractivity contribution in [2.45, 2.75) is 37.8 Å². The van der Waals surface area contributed by atoms with Gasteiger partial charge in [-0.05, 0) is 55.1 Å². The van der Waals surface area contributed by atoms with Crippen LogP contribution in [0.4, 0.5) is 5.69 Å². The van der Waals surface area contributed by atoms with Crippen LogP contribution in [0, 0.1) is 16.0 Å². The van der Waals surface area contributed by atoms with Crippen LogP contribution >= 0.6 is 0 Å². The Bertz CT molecular complexity index is 921. The number of hydrogen-bond donors (Lipinski definition) is 1. The average Bonchev–Trinajstić information content (AvgIpc) is 2.69. The van der Waals surface area contributed by atoms with Crippen LogP contribution in [0.25, 0.3) is 0 Å². The Labute approximate surface area is 165 Å². The van der Waals surface area contributed by atoms with Crippen molar-refractivity contribution in [1.82, 2.24) is 9.62 Å². The van der Waals surface area contributed by atoms with E-state index in [4.69, 9.17) is 0 Å². The van der Waals surface area contributed by atoms with Gasteiger partial charge in [0.15, 0.2) is 0 Å². The summed E-state index contributed by atoms with van der Waals surface area (Å²) in [6.07, 6.45) is 2.43. The molecule has 7 nitrogen and oxygen atoms in total. The molecular weight excluding hydrogens is 378 g/mol. The predicted molar refractivity (Wildman–Crippen MR) is 107 cm³/mol. The second-order valence-electron chi connectivity index (χ2n) is 7.35. The van der Waals surface area contributed by atoms with Crippen molar-refractivity contribution in [2.24, 2.45) is 5.92 Å². The normalized spacial score (nSPS) is 16.2. The highest BCUT2D eigenvalue weighted by molar-refractivity contribution is 7.89. The highest BCUT2D eigenvalue weighted by Crippen LogP contribution is 2.19. The Hall–Kier alpha value is -2.29. The number of sulfonamides is 1. The fraction of sp³-hybridized carbons (Fsp3) is 0.400. The lowest BCUT2D eigenvalue weighted by molar-refractivity contribution is -0.384. The first-order valence-electron chi connectivity index (χ1n) is 9.38. The third kappa shape index (κ3) is 5.37. The van der Waals surface area contributed by atoms with E-state index in [0.29, 0.717) is 0 Å². The van der Waals surface area contributed by atoms with Gasteiger partial charge in [-0.1, -0.05) is 31.2 Å². The number of nitrogens with one attached hydrogen (secondary N) is 1. The van der Waals surface area contributed by atoms with Gasteiger partial charge < -0.3 is 0 Å². The summed E-state index contributed by atoms with van der Waals surface area (Å²) >= 11 is 0. The molecule has 0 amide bonds. The molecule has 8 heteroatoms. The molecule has 2 aromatic rings. The van der Waals surface area contributed by atoms with Gasteiger partial charge in [0.25, 0.3) is 5.69 Å². The van der Waals surface area contributed by atoms with Crippen molar-refractivity contribution in [2.75, 3.05) is 13.1 Å². The van der Waals surface area contributed by atoms with Crippen LogP contribution in [0.5, 0.6) is 0 Å². The minimum atomic E-state index is -3.73. The first-order valence-corrected chi connectivity index (χ1v) is 10.9. The molecule has 0 unspecified atom stereocenters. The first-order chi connectivity index (χ1) is 13.3. The molecule has 0 bridgehead atoms. The molecule has 1 saturated heterocycles. The number of likely N-dealkylation sites (tertiary alicyclic amines) is 1. The van der Waals surface area contributed by atoms with Crippen molar-refractivity contribution in [3.8, 4) is 0 Å². The zero-order chi connectivity index (χ0) is 20.1. The largest absolute Gasteiger partial charge is 0.299 e. The molecule has 1 heterocycles. The molecule has 1 aliphatic rings. The minimum absolute atomic E-state index is 0.0108. The summed E-state index contributed by atoms with van der Waals surface area (Å²) in [5.41, 5.74) is 1.91. The van der Waals surface area contributed by atoms with Gasteiger partial charge in [-0.2, -0.15) is 0 Å². The highest BCUT2D eigenvalue weighted by atomic mass is 32.2. The van der Waals surface area contributed by atoms with Crippen LogP contribution in [0.2, 0.25) is 0 Å². The predicted octanol–water partition coefficient (Wildman–Crippen LogP) is 3.31. The maximum atomic E-state index is 12.4. The molecule has 0 atom stereocenters. The van der Waals surface area contributed by atoms with Crippen LogP contribution < -0.4 is 4.72 Å². The Balaban J connectivity index is 1.61. The maximum absolute atomic E-state index is 12.4. The van der Waals surface area contributed by atoms with E-state index < -0.39 is 14.9 Å². The van der Waals surface area contributed by atoms with Gasteiger partial charge in [-0.25, -0.2) is 13.1 Å². The van der Waals surface area contributed by atoms with E-state index >= 15 is 0 Å². The summed E-state index contributed by atoms with van der Waals surface area (Å²) < 4.78 is 27.4. The van der Waals surface area contributed by atoms with Crippen molar-refractivity contribution in [3.63, 3.8) is 0 Å². The van der Waals surface area contributed by atoms with Gasteiger partial charge in [0.05, 0.1) is 9.82 Å². The van der Waals surface area contributed by atoms with Crippen LogP contribution in [0.3, 0.4) is 0 Å². The second-order valence-corrected chi connectivity index (χ2v) is 9.12. The fourth-order valence-corrected chi connectivity index (χ4v) is 4.34. The van der Waals surface area contributed by atoms with E-state index in [0.717, 1.165) is 31.1 Å². The third-order valence-electron chi connectivity index (χ3n) is 5.10. The molecule has 3 rings (SSSR count). The van der Waals surface area contributed by atoms with Crippen molar-refractivity contribution >= 4 is 15.7 Å². The van der Waals surface area contributed by atoms with Crippen LogP contribution in [0.1, 0.15) is 30.9 Å². The highest BCUT2D eigenvalue weighted by Gasteiger charge is 2.17. The molecule has 28 heavy (non-hydrogen) atoms. The number of rotatable bonds is 7.